The zero-order valence-electron chi connectivity index (χ0n) is 11.0. The van der Waals surface area contributed by atoms with E-state index in [4.69, 9.17) is 4.74 Å². The van der Waals surface area contributed by atoms with Crippen molar-refractivity contribution in [3.05, 3.63) is 30.1 Å². The first-order valence-electron chi connectivity index (χ1n) is 6.85. The Morgan fingerprint density at radius 2 is 2.06 bits per heavy atom. The van der Waals surface area contributed by atoms with E-state index >= 15 is 0 Å². The molecule has 1 aromatic carbocycles. The lowest BCUT2D eigenvalue weighted by molar-refractivity contribution is 0.0257. The molecule has 0 bridgehead atoms. The highest BCUT2D eigenvalue weighted by molar-refractivity contribution is 5.42. The molecule has 18 heavy (non-hydrogen) atoms. The van der Waals surface area contributed by atoms with Crippen LogP contribution in [0.2, 0.25) is 0 Å². The number of halogens is 1. The molecule has 0 heterocycles. The molecule has 2 nitrogen and oxygen atoms in total. The summed E-state index contributed by atoms with van der Waals surface area (Å²) in [6, 6.07) is 6.53. The number of hydrogen-bond acceptors (Lipinski definition) is 2. The zero-order valence-corrected chi connectivity index (χ0v) is 11.0. The van der Waals surface area contributed by atoms with Crippen LogP contribution in [0.4, 0.5) is 10.1 Å². The first kappa shape index (κ1) is 13.3. The van der Waals surface area contributed by atoms with Crippen molar-refractivity contribution in [1.29, 1.82) is 0 Å². The lowest BCUT2D eigenvalue weighted by atomic mass is 9.89. The van der Waals surface area contributed by atoms with Crippen LogP contribution in [-0.4, -0.2) is 19.3 Å². The van der Waals surface area contributed by atoms with Gasteiger partial charge in [0.2, 0.25) is 0 Å². The smallest absolute Gasteiger partial charge is 0.125 e. The van der Waals surface area contributed by atoms with E-state index in [0.717, 1.165) is 18.2 Å². The second-order valence-electron chi connectivity index (χ2n) is 5.19. The van der Waals surface area contributed by atoms with Gasteiger partial charge in [0.25, 0.3) is 0 Å². The molecule has 1 saturated carbocycles. The normalized spacial score (nSPS) is 23.9. The van der Waals surface area contributed by atoms with E-state index in [-0.39, 0.29) is 5.82 Å². The first-order valence-corrected chi connectivity index (χ1v) is 6.85. The summed E-state index contributed by atoms with van der Waals surface area (Å²) in [6.07, 6.45) is 5.35. The molecule has 1 N–H and O–H groups in total. The van der Waals surface area contributed by atoms with Gasteiger partial charge in [0.15, 0.2) is 0 Å². The van der Waals surface area contributed by atoms with E-state index in [2.05, 4.69) is 12.2 Å². The fraction of sp³-hybridized carbons (Fsp3) is 0.600. The summed E-state index contributed by atoms with van der Waals surface area (Å²) in [4.78, 5) is 0. The molecule has 1 aliphatic carbocycles. The molecule has 1 aromatic rings. The van der Waals surface area contributed by atoms with Crippen molar-refractivity contribution in [3.8, 4) is 0 Å². The second-order valence-corrected chi connectivity index (χ2v) is 5.19. The molecule has 1 aliphatic rings. The van der Waals surface area contributed by atoms with Gasteiger partial charge in [0.1, 0.15) is 5.82 Å². The van der Waals surface area contributed by atoms with E-state index in [1.807, 2.05) is 6.07 Å². The third kappa shape index (κ3) is 4.30. The Labute approximate surface area is 109 Å². The summed E-state index contributed by atoms with van der Waals surface area (Å²) in [5.74, 6) is 0.650. The Balaban J connectivity index is 1.61. The Kier molecular flexibility index (Phi) is 5.00. The van der Waals surface area contributed by atoms with Crippen LogP contribution >= 0.6 is 0 Å². The maximum atomic E-state index is 12.9. The lowest BCUT2D eigenvalue weighted by Gasteiger charge is -2.26. The van der Waals surface area contributed by atoms with Crippen molar-refractivity contribution in [2.45, 2.75) is 38.7 Å². The van der Waals surface area contributed by atoms with Crippen molar-refractivity contribution in [2.75, 3.05) is 18.5 Å². The number of hydrogen-bond donors (Lipinski definition) is 1. The van der Waals surface area contributed by atoms with Crippen LogP contribution in [0.5, 0.6) is 0 Å². The van der Waals surface area contributed by atoms with Crippen LogP contribution in [0, 0.1) is 11.7 Å². The van der Waals surface area contributed by atoms with Gasteiger partial charge in [-0.3, -0.25) is 0 Å². The van der Waals surface area contributed by atoms with Gasteiger partial charge in [0, 0.05) is 12.2 Å². The number of nitrogens with one attached hydrogen (secondary N) is 1. The Hall–Kier alpha value is -1.09. The minimum Gasteiger partial charge on any atom is -0.383 e. The standard InChI is InChI=1S/C15H22FNO/c1-12-5-7-15(8-6-12)18-10-9-17-14-4-2-3-13(16)11-14/h2-4,11-12,15,17H,5-10H2,1H3. The van der Waals surface area contributed by atoms with Crippen LogP contribution < -0.4 is 5.32 Å². The Morgan fingerprint density at radius 1 is 1.28 bits per heavy atom. The van der Waals surface area contributed by atoms with E-state index in [0.29, 0.717) is 12.7 Å². The van der Waals surface area contributed by atoms with Gasteiger partial charge >= 0.3 is 0 Å². The van der Waals surface area contributed by atoms with E-state index in [1.54, 1.807) is 6.07 Å². The molecule has 3 heteroatoms. The third-order valence-corrected chi connectivity index (χ3v) is 3.57. The van der Waals surface area contributed by atoms with Crippen LogP contribution in [0.1, 0.15) is 32.6 Å². The second kappa shape index (κ2) is 6.74. The quantitative estimate of drug-likeness (QED) is 0.803. The van der Waals surface area contributed by atoms with E-state index in [9.17, 15) is 4.39 Å². The highest BCUT2D eigenvalue weighted by Crippen LogP contribution is 2.25. The van der Waals surface area contributed by atoms with Crippen molar-refractivity contribution in [2.24, 2.45) is 5.92 Å². The minimum atomic E-state index is -0.206. The average molecular weight is 251 g/mol. The summed E-state index contributed by atoms with van der Waals surface area (Å²) in [7, 11) is 0. The fourth-order valence-electron chi connectivity index (χ4n) is 2.42. The molecular formula is C15H22FNO. The van der Waals surface area contributed by atoms with Gasteiger partial charge in [-0.15, -0.1) is 0 Å². The van der Waals surface area contributed by atoms with Crippen LogP contribution in [0.25, 0.3) is 0 Å². The SMILES string of the molecule is CC1CCC(OCCNc2cccc(F)c2)CC1. The molecule has 0 saturated heterocycles. The Bertz CT molecular complexity index is 361. The van der Waals surface area contributed by atoms with Crippen molar-refractivity contribution < 1.29 is 9.13 Å². The molecule has 0 radical (unpaired) electrons. The molecule has 0 amide bonds. The first-order chi connectivity index (χ1) is 8.74. The minimum absolute atomic E-state index is 0.206. The molecular weight excluding hydrogens is 229 g/mol. The summed E-state index contributed by atoms with van der Waals surface area (Å²) in [6.45, 7) is 3.73. The monoisotopic (exact) mass is 251 g/mol. The van der Waals surface area contributed by atoms with Crippen molar-refractivity contribution in [3.63, 3.8) is 0 Å². The number of benzene rings is 1. The maximum absolute atomic E-state index is 12.9. The van der Waals surface area contributed by atoms with Gasteiger partial charge in [-0.05, 0) is 49.8 Å². The molecule has 0 unspecified atom stereocenters. The number of anilines is 1. The molecule has 0 spiro atoms. The highest BCUT2D eigenvalue weighted by Gasteiger charge is 2.18. The largest absolute Gasteiger partial charge is 0.383 e. The average Bonchev–Trinajstić information content (AvgIpc) is 2.37. The third-order valence-electron chi connectivity index (χ3n) is 3.57. The topological polar surface area (TPSA) is 21.3 Å². The van der Waals surface area contributed by atoms with E-state index in [1.165, 1.54) is 37.8 Å². The lowest BCUT2D eigenvalue weighted by Crippen LogP contribution is -2.23. The number of ether oxygens (including phenoxy) is 1. The molecule has 0 atom stereocenters. The zero-order chi connectivity index (χ0) is 12.8. The van der Waals surface area contributed by atoms with E-state index < -0.39 is 0 Å². The van der Waals surface area contributed by atoms with Gasteiger partial charge in [-0.25, -0.2) is 4.39 Å². The number of rotatable bonds is 5. The molecule has 0 aromatic heterocycles. The Morgan fingerprint density at radius 3 is 2.78 bits per heavy atom. The van der Waals surface area contributed by atoms with Crippen LogP contribution in [-0.2, 0) is 4.74 Å². The predicted molar refractivity (Wildman–Crippen MR) is 72.3 cm³/mol. The van der Waals surface area contributed by atoms with Crippen LogP contribution in [0.15, 0.2) is 24.3 Å². The molecule has 1 fully saturated rings. The summed E-state index contributed by atoms with van der Waals surface area (Å²) < 4.78 is 18.8. The molecule has 0 aliphatic heterocycles. The van der Waals surface area contributed by atoms with Gasteiger partial charge in [-0.1, -0.05) is 13.0 Å². The van der Waals surface area contributed by atoms with Crippen LogP contribution in [0.3, 0.4) is 0 Å². The summed E-state index contributed by atoms with van der Waals surface area (Å²) in [5.41, 5.74) is 0.816. The fourth-order valence-corrected chi connectivity index (χ4v) is 2.42. The van der Waals surface area contributed by atoms with Gasteiger partial charge in [-0.2, -0.15) is 0 Å². The summed E-state index contributed by atoms with van der Waals surface area (Å²) >= 11 is 0. The van der Waals surface area contributed by atoms with Crippen molar-refractivity contribution >= 4 is 5.69 Å². The van der Waals surface area contributed by atoms with Gasteiger partial charge < -0.3 is 10.1 Å². The molecule has 100 valence electrons. The maximum Gasteiger partial charge on any atom is 0.125 e. The van der Waals surface area contributed by atoms with Gasteiger partial charge in [0.05, 0.1) is 12.7 Å². The highest BCUT2D eigenvalue weighted by atomic mass is 19.1. The molecule has 2 rings (SSSR count). The summed E-state index contributed by atoms with van der Waals surface area (Å²) in [5, 5.41) is 3.17. The van der Waals surface area contributed by atoms with Crippen molar-refractivity contribution in [1.82, 2.24) is 0 Å². The predicted octanol–water partition coefficient (Wildman–Crippen LogP) is 3.83.